The molecule has 1 aromatic rings. The van der Waals surface area contributed by atoms with Crippen molar-refractivity contribution in [1.82, 2.24) is 4.90 Å². The molecule has 0 aromatic heterocycles. The Hall–Kier alpha value is -1.21. The summed E-state index contributed by atoms with van der Waals surface area (Å²) in [5.41, 5.74) is 0. The highest BCUT2D eigenvalue weighted by molar-refractivity contribution is 8.00. The van der Waals surface area contributed by atoms with Gasteiger partial charge in [0.2, 0.25) is 5.91 Å². The first kappa shape index (κ1) is 18.6. The number of carbonyl (C=O) groups is 1. The van der Waals surface area contributed by atoms with Gasteiger partial charge in [-0.25, -0.2) is 8.42 Å². The zero-order valence-electron chi connectivity index (χ0n) is 14.5. The molecular formula is C18H25NO4S2. The van der Waals surface area contributed by atoms with Crippen molar-refractivity contribution >= 4 is 27.5 Å². The predicted molar refractivity (Wildman–Crippen MR) is 99.9 cm³/mol. The van der Waals surface area contributed by atoms with Crippen LogP contribution in [0.2, 0.25) is 0 Å². The third-order valence-electron chi connectivity index (χ3n) is 5.03. The van der Waals surface area contributed by atoms with E-state index in [0.717, 1.165) is 36.3 Å². The Labute approximate surface area is 154 Å². The van der Waals surface area contributed by atoms with E-state index in [9.17, 15) is 13.2 Å². The van der Waals surface area contributed by atoms with E-state index in [1.807, 2.05) is 29.2 Å². The monoisotopic (exact) mass is 383 g/mol. The van der Waals surface area contributed by atoms with Crippen LogP contribution in [0, 0.1) is 0 Å². The van der Waals surface area contributed by atoms with Gasteiger partial charge in [0, 0.05) is 17.0 Å². The summed E-state index contributed by atoms with van der Waals surface area (Å²) >= 11 is 1.50. The Bertz CT molecular complexity index is 696. The van der Waals surface area contributed by atoms with Gasteiger partial charge in [-0.15, -0.1) is 11.8 Å². The van der Waals surface area contributed by atoms with Gasteiger partial charge in [-0.1, -0.05) is 12.8 Å². The van der Waals surface area contributed by atoms with Crippen molar-refractivity contribution in [2.45, 2.75) is 49.1 Å². The van der Waals surface area contributed by atoms with E-state index in [4.69, 9.17) is 4.74 Å². The van der Waals surface area contributed by atoms with Crippen LogP contribution < -0.4 is 4.74 Å². The summed E-state index contributed by atoms with van der Waals surface area (Å²) < 4.78 is 28.9. The number of hydrogen-bond acceptors (Lipinski definition) is 5. The average Bonchev–Trinajstić information content (AvgIpc) is 3.24. The summed E-state index contributed by atoms with van der Waals surface area (Å²) in [7, 11) is -1.37. The maximum Gasteiger partial charge on any atom is 0.233 e. The van der Waals surface area contributed by atoms with E-state index in [1.54, 1.807) is 7.11 Å². The van der Waals surface area contributed by atoms with Crippen molar-refractivity contribution < 1.29 is 17.9 Å². The third kappa shape index (κ3) is 4.70. The minimum absolute atomic E-state index is 0.0646. The number of nitrogens with zero attached hydrogens (tertiary/aromatic N) is 1. The normalized spacial score (nSPS) is 22.8. The molecule has 5 nitrogen and oxygen atoms in total. The van der Waals surface area contributed by atoms with Crippen molar-refractivity contribution in [3.8, 4) is 5.75 Å². The molecule has 138 valence electrons. The molecule has 2 fully saturated rings. The van der Waals surface area contributed by atoms with Crippen LogP contribution >= 0.6 is 11.8 Å². The number of sulfone groups is 1. The van der Waals surface area contributed by atoms with E-state index in [2.05, 4.69) is 0 Å². The lowest BCUT2D eigenvalue weighted by atomic mass is 10.1. The fourth-order valence-electron chi connectivity index (χ4n) is 3.77. The summed E-state index contributed by atoms with van der Waals surface area (Å²) in [6, 6.07) is 7.71. The lowest BCUT2D eigenvalue weighted by molar-refractivity contribution is -0.132. The maximum absolute atomic E-state index is 12.9. The van der Waals surface area contributed by atoms with Crippen LogP contribution in [0.15, 0.2) is 29.2 Å². The number of carbonyl (C=O) groups excluding carboxylic acids is 1. The minimum Gasteiger partial charge on any atom is -0.497 e. The molecule has 0 N–H and O–H groups in total. The lowest BCUT2D eigenvalue weighted by Crippen LogP contribution is -2.47. The number of thioether (sulfide) groups is 1. The number of rotatable bonds is 6. The molecule has 1 unspecified atom stereocenters. The molecule has 1 saturated carbocycles. The van der Waals surface area contributed by atoms with Gasteiger partial charge >= 0.3 is 0 Å². The Morgan fingerprint density at radius 3 is 2.40 bits per heavy atom. The molecule has 1 heterocycles. The number of hydrogen-bond donors (Lipinski definition) is 0. The average molecular weight is 384 g/mol. The topological polar surface area (TPSA) is 63.7 Å². The molecule has 0 spiro atoms. The lowest BCUT2D eigenvalue weighted by Gasteiger charge is -2.34. The highest BCUT2D eigenvalue weighted by atomic mass is 32.2. The van der Waals surface area contributed by atoms with Gasteiger partial charge in [-0.2, -0.15) is 0 Å². The van der Waals surface area contributed by atoms with Crippen LogP contribution in [-0.2, 0) is 14.6 Å². The van der Waals surface area contributed by atoms with Crippen LogP contribution in [0.1, 0.15) is 32.1 Å². The molecule has 1 atom stereocenters. The molecule has 1 aliphatic heterocycles. The van der Waals surface area contributed by atoms with Crippen LogP contribution in [0.5, 0.6) is 5.75 Å². The molecule has 2 aliphatic rings. The van der Waals surface area contributed by atoms with E-state index < -0.39 is 9.84 Å². The fourth-order valence-corrected chi connectivity index (χ4v) is 6.25. The second-order valence-electron chi connectivity index (χ2n) is 6.76. The summed E-state index contributed by atoms with van der Waals surface area (Å²) in [6.07, 6.45) is 4.82. The van der Waals surface area contributed by atoms with Crippen LogP contribution in [0.4, 0.5) is 0 Å². The second-order valence-corrected chi connectivity index (χ2v) is 10.0. The Balaban J connectivity index is 1.66. The highest BCUT2D eigenvalue weighted by Crippen LogP contribution is 2.30. The molecule has 3 rings (SSSR count). The van der Waals surface area contributed by atoms with Crippen molar-refractivity contribution in [2.75, 3.05) is 24.4 Å². The summed E-state index contributed by atoms with van der Waals surface area (Å²) in [5.74, 6) is 1.54. The van der Waals surface area contributed by atoms with Crippen LogP contribution in [-0.4, -0.2) is 55.7 Å². The number of amides is 1. The van der Waals surface area contributed by atoms with Crippen molar-refractivity contribution in [3.63, 3.8) is 0 Å². The van der Waals surface area contributed by atoms with E-state index in [0.29, 0.717) is 12.2 Å². The van der Waals surface area contributed by atoms with Gasteiger partial charge in [-0.3, -0.25) is 4.79 Å². The van der Waals surface area contributed by atoms with Crippen molar-refractivity contribution in [1.29, 1.82) is 0 Å². The first-order chi connectivity index (χ1) is 12.0. The molecule has 25 heavy (non-hydrogen) atoms. The van der Waals surface area contributed by atoms with Crippen molar-refractivity contribution in [3.05, 3.63) is 24.3 Å². The van der Waals surface area contributed by atoms with Gasteiger partial charge in [0.1, 0.15) is 5.75 Å². The zero-order chi connectivity index (χ0) is 17.9. The number of ether oxygens (including phenoxy) is 1. The van der Waals surface area contributed by atoms with E-state index >= 15 is 0 Å². The largest absolute Gasteiger partial charge is 0.497 e. The standard InChI is InChI=1S/C18H25NO4S2/c1-23-16-6-8-17(9-7-16)24-12-18(20)19(14-4-2-3-5-14)15-10-11-25(21,22)13-15/h6-9,14-15H,2-5,10-13H2,1H3. The van der Waals surface area contributed by atoms with E-state index in [1.165, 1.54) is 11.8 Å². The Morgan fingerprint density at radius 1 is 1.16 bits per heavy atom. The number of methoxy groups -OCH3 is 1. The SMILES string of the molecule is COc1ccc(SCC(=O)N(C2CCCC2)C2CCS(=O)(=O)C2)cc1. The van der Waals surface area contributed by atoms with Crippen LogP contribution in [0.3, 0.4) is 0 Å². The van der Waals surface area contributed by atoms with Gasteiger partial charge in [0.15, 0.2) is 9.84 Å². The molecule has 1 saturated heterocycles. The van der Waals surface area contributed by atoms with Gasteiger partial charge in [0.05, 0.1) is 24.4 Å². The molecule has 7 heteroatoms. The Kier molecular flexibility index (Phi) is 5.94. The van der Waals surface area contributed by atoms with Gasteiger partial charge in [0.25, 0.3) is 0 Å². The quantitative estimate of drug-likeness (QED) is 0.707. The first-order valence-electron chi connectivity index (χ1n) is 8.77. The van der Waals surface area contributed by atoms with Gasteiger partial charge in [-0.05, 0) is 43.5 Å². The van der Waals surface area contributed by atoms with Gasteiger partial charge < -0.3 is 9.64 Å². The molecule has 1 aliphatic carbocycles. The summed E-state index contributed by atoms with van der Waals surface area (Å²) in [6.45, 7) is 0. The smallest absolute Gasteiger partial charge is 0.233 e. The molecule has 1 aromatic carbocycles. The third-order valence-corrected chi connectivity index (χ3v) is 7.78. The minimum atomic E-state index is -2.99. The number of benzene rings is 1. The first-order valence-corrected chi connectivity index (χ1v) is 11.6. The fraction of sp³-hybridized carbons (Fsp3) is 0.611. The zero-order valence-corrected chi connectivity index (χ0v) is 16.2. The summed E-state index contributed by atoms with van der Waals surface area (Å²) in [4.78, 5) is 15.8. The Morgan fingerprint density at radius 2 is 1.84 bits per heavy atom. The highest BCUT2D eigenvalue weighted by Gasteiger charge is 2.38. The molecule has 0 bridgehead atoms. The predicted octanol–water partition coefficient (Wildman–Crippen LogP) is 2.75. The summed E-state index contributed by atoms with van der Waals surface area (Å²) in [5, 5.41) is 0. The molecular weight excluding hydrogens is 358 g/mol. The van der Waals surface area contributed by atoms with Crippen molar-refractivity contribution in [2.24, 2.45) is 0 Å². The van der Waals surface area contributed by atoms with E-state index in [-0.39, 0.29) is 29.5 Å². The second kappa shape index (κ2) is 7.99. The maximum atomic E-state index is 12.9. The van der Waals surface area contributed by atoms with Crippen LogP contribution in [0.25, 0.3) is 0 Å². The molecule has 0 radical (unpaired) electrons. The molecule has 1 amide bonds.